The van der Waals surface area contributed by atoms with Gasteiger partial charge < -0.3 is 15.0 Å². The molecule has 1 aliphatic heterocycles. The van der Waals surface area contributed by atoms with Crippen molar-refractivity contribution in [2.75, 3.05) is 26.2 Å². The van der Waals surface area contributed by atoms with Gasteiger partial charge in [0.2, 0.25) is 5.91 Å². The summed E-state index contributed by atoms with van der Waals surface area (Å²) >= 11 is 0. The molecule has 1 aliphatic rings. The number of carbonyl (C=O) groups is 1. The number of aromatic amines is 1. The van der Waals surface area contributed by atoms with E-state index in [4.69, 9.17) is 4.74 Å². The van der Waals surface area contributed by atoms with Crippen LogP contribution in [0.15, 0.2) is 61.2 Å². The van der Waals surface area contributed by atoms with Crippen LogP contribution in [-0.4, -0.2) is 52.0 Å². The van der Waals surface area contributed by atoms with E-state index >= 15 is 0 Å². The fraction of sp³-hybridized carbons (Fsp3) is 0.400. The Bertz CT molecular complexity index is 960. The van der Waals surface area contributed by atoms with Crippen molar-refractivity contribution in [2.45, 2.75) is 26.3 Å². The number of nitrogens with one attached hydrogen (secondary N) is 2. The largest absolute Gasteiger partial charge is 0.492 e. The van der Waals surface area contributed by atoms with Gasteiger partial charge in [-0.1, -0.05) is 30.3 Å². The molecule has 2 N–H and O–H groups in total. The molecule has 0 unspecified atom stereocenters. The van der Waals surface area contributed by atoms with E-state index in [0.29, 0.717) is 13.2 Å². The molecule has 0 aliphatic carbocycles. The fourth-order valence-electron chi connectivity index (χ4n) is 4.22. The first-order valence-corrected chi connectivity index (χ1v) is 11.2. The average molecular weight is 434 g/mol. The fourth-order valence-corrected chi connectivity index (χ4v) is 4.22. The van der Waals surface area contributed by atoms with E-state index in [2.05, 4.69) is 49.4 Å². The Balaban J connectivity index is 1.36. The minimum absolute atomic E-state index is 0.0565. The van der Waals surface area contributed by atoms with Crippen LogP contribution in [0.4, 0.5) is 0 Å². The van der Waals surface area contributed by atoms with E-state index in [1.165, 1.54) is 5.56 Å². The van der Waals surface area contributed by atoms with Crippen LogP contribution >= 0.6 is 0 Å². The monoisotopic (exact) mass is 433 g/mol. The van der Waals surface area contributed by atoms with E-state index in [1.54, 1.807) is 18.7 Å². The van der Waals surface area contributed by atoms with Gasteiger partial charge in [0.25, 0.3) is 0 Å². The Kier molecular flexibility index (Phi) is 7.51. The van der Waals surface area contributed by atoms with Crippen LogP contribution in [0.5, 0.6) is 5.75 Å². The van der Waals surface area contributed by atoms with E-state index in [0.717, 1.165) is 49.6 Å². The van der Waals surface area contributed by atoms with Gasteiger partial charge in [-0.05, 0) is 31.0 Å². The number of ether oxygens (including phenoxy) is 1. The summed E-state index contributed by atoms with van der Waals surface area (Å²) in [5.41, 5.74) is 3.25. The van der Waals surface area contributed by atoms with Crippen molar-refractivity contribution in [2.24, 2.45) is 11.8 Å². The number of rotatable bonds is 9. The molecule has 2 aromatic heterocycles. The second-order valence-electron chi connectivity index (χ2n) is 8.54. The number of piperidine rings is 1. The van der Waals surface area contributed by atoms with E-state index < -0.39 is 0 Å². The summed E-state index contributed by atoms with van der Waals surface area (Å²) in [6, 6.07) is 14.3. The molecule has 7 nitrogen and oxygen atoms in total. The third-order valence-corrected chi connectivity index (χ3v) is 5.85. The van der Waals surface area contributed by atoms with Crippen molar-refractivity contribution in [3.63, 3.8) is 0 Å². The lowest BCUT2D eigenvalue weighted by atomic mass is 9.88. The Morgan fingerprint density at radius 3 is 2.81 bits per heavy atom. The van der Waals surface area contributed by atoms with Crippen molar-refractivity contribution >= 4 is 5.91 Å². The number of hydrogen-bond donors (Lipinski definition) is 2. The van der Waals surface area contributed by atoms with Crippen LogP contribution in [-0.2, 0) is 17.8 Å². The van der Waals surface area contributed by atoms with Crippen LogP contribution in [0.25, 0.3) is 0 Å². The SMILES string of the molecule is Cc1ccc(OC[C@H]2C[C@@H](C(=O)NCCc3cnc[nH]3)CN(Cc3ccccc3)C2)cn1. The summed E-state index contributed by atoms with van der Waals surface area (Å²) in [7, 11) is 0. The van der Waals surface area contributed by atoms with Gasteiger partial charge in [-0.3, -0.25) is 14.7 Å². The van der Waals surface area contributed by atoms with Crippen LogP contribution in [0.1, 0.15) is 23.4 Å². The molecule has 32 heavy (non-hydrogen) atoms. The van der Waals surface area contributed by atoms with E-state index in [-0.39, 0.29) is 17.7 Å². The van der Waals surface area contributed by atoms with Gasteiger partial charge >= 0.3 is 0 Å². The standard InChI is InChI=1S/C25H31N5O2/c1-19-7-8-24(13-28-19)32-17-21-11-22(25(31)27-10-9-23-12-26-18-29-23)16-30(15-21)14-20-5-3-2-4-6-20/h2-8,12-13,18,21-22H,9-11,14-17H2,1H3,(H,26,29)(H,27,31)/t21-,22+/m0/s1. The summed E-state index contributed by atoms with van der Waals surface area (Å²) in [5, 5.41) is 3.11. The number of amides is 1. The predicted octanol–water partition coefficient (Wildman–Crippen LogP) is 2.99. The first-order chi connectivity index (χ1) is 15.7. The predicted molar refractivity (Wildman–Crippen MR) is 123 cm³/mol. The van der Waals surface area contributed by atoms with Gasteiger partial charge in [0.05, 0.1) is 25.0 Å². The highest BCUT2D eigenvalue weighted by Crippen LogP contribution is 2.25. The number of aromatic nitrogens is 3. The summed E-state index contributed by atoms with van der Waals surface area (Å²) in [6.07, 6.45) is 6.79. The lowest BCUT2D eigenvalue weighted by Gasteiger charge is -2.37. The van der Waals surface area contributed by atoms with Crippen LogP contribution in [0, 0.1) is 18.8 Å². The molecule has 1 fully saturated rings. The van der Waals surface area contributed by atoms with Crippen molar-refractivity contribution in [1.82, 2.24) is 25.2 Å². The smallest absolute Gasteiger partial charge is 0.224 e. The van der Waals surface area contributed by atoms with Gasteiger partial charge in [-0.25, -0.2) is 4.98 Å². The van der Waals surface area contributed by atoms with Gasteiger partial charge in [-0.2, -0.15) is 0 Å². The highest BCUT2D eigenvalue weighted by molar-refractivity contribution is 5.79. The third-order valence-electron chi connectivity index (χ3n) is 5.85. The molecule has 3 aromatic rings. The Labute approximate surface area is 189 Å². The second kappa shape index (κ2) is 10.9. The molecule has 0 spiro atoms. The zero-order valence-electron chi connectivity index (χ0n) is 18.5. The van der Waals surface area contributed by atoms with Crippen LogP contribution < -0.4 is 10.1 Å². The normalized spacial score (nSPS) is 18.9. The summed E-state index contributed by atoms with van der Waals surface area (Å²) < 4.78 is 6.03. The number of carbonyl (C=O) groups excluding carboxylic acids is 1. The first-order valence-electron chi connectivity index (χ1n) is 11.2. The van der Waals surface area contributed by atoms with Gasteiger partial charge in [0.1, 0.15) is 5.75 Å². The Hall–Kier alpha value is -3.19. The molecular formula is C25H31N5O2. The number of hydrogen-bond acceptors (Lipinski definition) is 5. The van der Waals surface area contributed by atoms with Crippen LogP contribution in [0.3, 0.4) is 0 Å². The number of H-pyrrole nitrogens is 1. The number of imidazole rings is 1. The number of benzene rings is 1. The van der Waals surface area contributed by atoms with Gasteiger partial charge in [0, 0.05) is 56.1 Å². The highest BCUT2D eigenvalue weighted by atomic mass is 16.5. The molecule has 3 heterocycles. The zero-order chi connectivity index (χ0) is 22.2. The van der Waals surface area contributed by atoms with E-state index in [9.17, 15) is 4.79 Å². The summed E-state index contributed by atoms with van der Waals surface area (Å²) in [5.74, 6) is 1.11. The highest BCUT2D eigenvalue weighted by Gasteiger charge is 2.32. The molecule has 0 radical (unpaired) electrons. The molecule has 168 valence electrons. The lowest BCUT2D eigenvalue weighted by Crippen LogP contribution is -2.47. The quantitative estimate of drug-likeness (QED) is 0.542. The molecular weight excluding hydrogens is 402 g/mol. The average Bonchev–Trinajstić information content (AvgIpc) is 3.33. The lowest BCUT2D eigenvalue weighted by molar-refractivity contribution is -0.127. The number of pyridine rings is 1. The summed E-state index contributed by atoms with van der Waals surface area (Å²) in [6.45, 7) is 5.64. The minimum Gasteiger partial charge on any atom is -0.492 e. The third kappa shape index (κ3) is 6.40. The molecule has 2 atom stereocenters. The molecule has 4 rings (SSSR count). The number of nitrogens with zero attached hydrogens (tertiary/aromatic N) is 3. The minimum atomic E-state index is -0.0565. The molecule has 1 aromatic carbocycles. The molecule has 1 saturated heterocycles. The molecule has 1 amide bonds. The number of likely N-dealkylation sites (tertiary alicyclic amines) is 1. The molecule has 7 heteroatoms. The maximum atomic E-state index is 13.0. The van der Waals surface area contributed by atoms with Crippen LogP contribution in [0.2, 0.25) is 0 Å². The first kappa shape index (κ1) is 22.0. The zero-order valence-corrected chi connectivity index (χ0v) is 18.5. The Morgan fingerprint density at radius 2 is 2.06 bits per heavy atom. The molecule has 0 saturated carbocycles. The topological polar surface area (TPSA) is 83.1 Å². The van der Waals surface area contributed by atoms with Crippen molar-refractivity contribution in [3.8, 4) is 5.75 Å². The van der Waals surface area contributed by atoms with Crippen molar-refractivity contribution in [3.05, 3.63) is 78.1 Å². The van der Waals surface area contributed by atoms with Gasteiger partial charge in [0.15, 0.2) is 0 Å². The maximum Gasteiger partial charge on any atom is 0.224 e. The number of aryl methyl sites for hydroxylation is 1. The Morgan fingerprint density at radius 1 is 1.19 bits per heavy atom. The van der Waals surface area contributed by atoms with Gasteiger partial charge in [-0.15, -0.1) is 0 Å². The van der Waals surface area contributed by atoms with Crippen molar-refractivity contribution < 1.29 is 9.53 Å². The summed E-state index contributed by atoms with van der Waals surface area (Å²) in [4.78, 5) is 26.7. The van der Waals surface area contributed by atoms with E-state index in [1.807, 2.05) is 25.1 Å². The second-order valence-corrected chi connectivity index (χ2v) is 8.54. The maximum absolute atomic E-state index is 13.0. The van der Waals surface area contributed by atoms with Crippen molar-refractivity contribution in [1.29, 1.82) is 0 Å². The molecule has 0 bridgehead atoms.